The van der Waals surface area contributed by atoms with Crippen LogP contribution in [0.2, 0.25) is 0 Å². The molecule has 1 N–H and O–H groups in total. The van der Waals surface area contributed by atoms with Gasteiger partial charge in [0.05, 0.1) is 37.2 Å². The minimum Gasteiger partial charge on any atom is -0.465 e. The summed E-state index contributed by atoms with van der Waals surface area (Å²) in [6.07, 6.45) is 0.194. The zero-order chi connectivity index (χ0) is 14.7. The van der Waals surface area contributed by atoms with Crippen molar-refractivity contribution in [2.45, 2.75) is 32.7 Å². The quantitative estimate of drug-likeness (QED) is 0.832. The first-order chi connectivity index (χ1) is 9.53. The van der Waals surface area contributed by atoms with E-state index in [2.05, 4.69) is 9.88 Å². The number of ether oxygens (including phenoxy) is 2. The summed E-state index contributed by atoms with van der Waals surface area (Å²) in [6.45, 7) is 5.19. The lowest BCUT2D eigenvalue weighted by molar-refractivity contribution is -0.00547. The van der Waals surface area contributed by atoms with Crippen molar-refractivity contribution in [1.29, 1.82) is 0 Å². The Morgan fingerprint density at radius 1 is 1.45 bits per heavy atom. The van der Waals surface area contributed by atoms with Crippen LogP contribution in [0.4, 0.5) is 5.82 Å². The summed E-state index contributed by atoms with van der Waals surface area (Å²) in [6, 6.07) is 3.23. The van der Waals surface area contributed by atoms with Crippen LogP contribution in [0.15, 0.2) is 12.1 Å². The second kappa shape index (κ2) is 6.19. The molecule has 0 aromatic carbocycles. The lowest BCUT2D eigenvalue weighted by Crippen LogP contribution is -2.46. The fourth-order valence-corrected chi connectivity index (χ4v) is 2.42. The molecular weight excluding hydrogens is 260 g/mol. The molecule has 2 atom stereocenters. The summed E-state index contributed by atoms with van der Waals surface area (Å²) < 4.78 is 10.4. The molecule has 0 unspecified atom stereocenters. The first-order valence-corrected chi connectivity index (χ1v) is 6.64. The first-order valence-electron chi connectivity index (χ1n) is 6.64. The maximum absolute atomic E-state index is 11.7. The third kappa shape index (κ3) is 3.26. The Morgan fingerprint density at radius 2 is 2.10 bits per heavy atom. The third-order valence-electron chi connectivity index (χ3n) is 3.19. The lowest BCUT2D eigenvalue weighted by Gasteiger charge is -2.36. The van der Waals surface area contributed by atoms with Gasteiger partial charge in [0.15, 0.2) is 0 Å². The Labute approximate surface area is 118 Å². The number of morpholine rings is 1. The number of methoxy groups -OCH3 is 1. The number of esters is 1. The van der Waals surface area contributed by atoms with Crippen LogP contribution in [0.25, 0.3) is 0 Å². The molecule has 1 aromatic heterocycles. The van der Waals surface area contributed by atoms with Crippen molar-refractivity contribution in [3.63, 3.8) is 0 Å². The standard InChI is InChI=1S/C14H20N2O4/c1-9-6-16(7-10(2)20-9)13-5-11(14(18)19-3)4-12(8-17)15-13/h4-5,9-10,17H,6-8H2,1-3H3/t9-,10+. The smallest absolute Gasteiger partial charge is 0.338 e. The van der Waals surface area contributed by atoms with E-state index in [0.29, 0.717) is 30.2 Å². The van der Waals surface area contributed by atoms with Crippen molar-refractivity contribution in [2.75, 3.05) is 25.1 Å². The summed E-state index contributed by atoms with van der Waals surface area (Å²) in [4.78, 5) is 18.1. The summed E-state index contributed by atoms with van der Waals surface area (Å²) in [5.74, 6) is 0.233. The van der Waals surface area contributed by atoms with Crippen molar-refractivity contribution < 1.29 is 19.4 Å². The number of carbonyl (C=O) groups excluding carboxylic acids is 1. The number of nitrogens with zero attached hydrogens (tertiary/aromatic N) is 2. The number of carbonyl (C=O) groups is 1. The molecule has 6 nitrogen and oxygen atoms in total. The van der Waals surface area contributed by atoms with Crippen LogP contribution in [-0.4, -0.2) is 48.5 Å². The van der Waals surface area contributed by atoms with Crippen LogP contribution < -0.4 is 4.90 Å². The SMILES string of the molecule is COC(=O)c1cc(CO)nc(N2C[C@@H](C)O[C@@H](C)C2)c1. The van der Waals surface area contributed by atoms with Gasteiger partial charge in [0.2, 0.25) is 0 Å². The molecular formula is C14H20N2O4. The van der Waals surface area contributed by atoms with E-state index in [9.17, 15) is 9.90 Å². The number of hydrogen-bond acceptors (Lipinski definition) is 6. The molecule has 110 valence electrons. The zero-order valence-corrected chi connectivity index (χ0v) is 12.0. The van der Waals surface area contributed by atoms with Crippen LogP contribution in [0.5, 0.6) is 0 Å². The molecule has 1 saturated heterocycles. The van der Waals surface area contributed by atoms with E-state index < -0.39 is 5.97 Å². The number of aliphatic hydroxyl groups excluding tert-OH is 1. The van der Waals surface area contributed by atoms with E-state index in [4.69, 9.17) is 9.47 Å². The highest BCUT2D eigenvalue weighted by Gasteiger charge is 2.24. The van der Waals surface area contributed by atoms with E-state index in [1.54, 1.807) is 12.1 Å². The topological polar surface area (TPSA) is 71.9 Å². The summed E-state index contributed by atoms with van der Waals surface area (Å²) in [5.41, 5.74) is 0.850. The largest absolute Gasteiger partial charge is 0.465 e. The van der Waals surface area contributed by atoms with Crippen molar-refractivity contribution in [2.24, 2.45) is 0 Å². The van der Waals surface area contributed by atoms with Crippen molar-refractivity contribution in [3.8, 4) is 0 Å². The van der Waals surface area contributed by atoms with Crippen LogP contribution in [-0.2, 0) is 16.1 Å². The zero-order valence-electron chi connectivity index (χ0n) is 12.0. The number of anilines is 1. The van der Waals surface area contributed by atoms with Crippen LogP contribution in [0.3, 0.4) is 0 Å². The van der Waals surface area contributed by atoms with Gasteiger partial charge in [0, 0.05) is 13.1 Å². The Bertz CT molecular complexity index is 482. The number of rotatable bonds is 3. The number of hydrogen-bond donors (Lipinski definition) is 1. The van der Waals surface area contributed by atoms with Gasteiger partial charge in [-0.15, -0.1) is 0 Å². The predicted molar refractivity (Wildman–Crippen MR) is 73.7 cm³/mol. The van der Waals surface area contributed by atoms with Crippen molar-refractivity contribution >= 4 is 11.8 Å². The molecule has 1 aliphatic rings. The van der Waals surface area contributed by atoms with E-state index in [1.807, 2.05) is 13.8 Å². The Morgan fingerprint density at radius 3 is 2.65 bits per heavy atom. The maximum atomic E-state index is 11.7. The molecule has 6 heteroatoms. The summed E-state index contributed by atoms with van der Waals surface area (Å²) in [7, 11) is 1.33. The molecule has 2 rings (SSSR count). The van der Waals surface area contributed by atoms with E-state index >= 15 is 0 Å². The lowest BCUT2D eigenvalue weighted by atomic mass is 10.2. The Balaban J connectivity index is 2.32. The molecule has 2 heterocycles. The summed E-state index contributed by atoms with van der Waals surface area (Å²) in [5, 5.41) is 9.29. The van der Waals surface area contributed by atoms with Crippen LogP contribution >= 0.6 is 0 Å². The molecule has 0 radical (unpaired) electrons. The highest BCUT2D eigenvalue weighted by atomic mass is 16.5. The van der Waals surface area contributed by atoms with Crippen molar-refractivity contribution in [3.05, 3.63) is 23.4 Å². The van der Waals surface area contributed by atoms with Gasteiger partial charge in [0.1, 0.15) is 5.82 Å². The van der Waals surface area contributed by atoms with Gasteiger partial charge >= 0.3 is 5.97 Å². The average Bonchev–Trinajstić information content (AvgIpc) is 2.44. The van der Waals surface area contributed by atoms with Crippen LogP contribution in [0.1, 0.15) is 29.9 Å². The predicted octanol–water partition coefficient (Wildman–Crippen LogP) is 0.974. The van der Waals surface area contributed by atoms with Gasteiger partial charge in [-0.25, -0.2) is 9.78 Å². The minimum atomic E-state index is -0.433. The molecule has 1 aromatic rings. The molecule has 1 aliphatic heterocycles. The highest BCUT2D eigenvalue weighted by Crippen LogP contribution is 2.21. The first kappa shape index (κ1) is 14.7. The molecule has 1 fully saturated rings. The second-order valence-corrected chi connectivity index (χ2v) is 5.02. The minimum absolute atomic E-state index is 0.0971. The number of pyridine rings is 1. The summed E-state index contributed by atoms with van der Waals surface area (Å²) >= 11 is 0. The molecule has 20 heavy (non-hydrogen) atoms. The van der Waals surface area contributed by atoms with Gasteiger partial charge in [-0.2, -0.15) is 0 Å². The molecule has 0 spiro atoms. The van der Waals surface area contributed by atoms with Crippen LogP contribution in [0, 0.1) is 0 Å². The normalized spacial score (nSPS) is 22.7. The van der Waals surface area contributed by atoms with Gasteiger partial charge < -0.3 is 19.5 Å². The molecule has 0 saturated carbocycles. The van der Waals surface area contributed by atoms with Gasteiger partial charge in [-0.3, -0.25) is 0 Å². The van der Waals surface area contributed by atoms with Crippen molar-refractivity contribution in [1.82, 2.24) is 4.98 Å². The van der Waals surface area contributed by atoms with E-state index in [1.165, 1.54) is 7.11 Å². The van der Waals surface area contributed by atoms with E-state index in [0.717, 1.165) is 0 Å². The number of aliphatic hydroxyl groups is 1. The number of aromatic nitrogens is 1. The molecule has 0 amide bonds. The second-order valence-electron chi connectivity index (χ2n) is 5.02. The maximum Gasteiger partial charge on any atom is 0.338 e. The monoisotopic (exact) mass is 280 g/mol. The fraction of sp³-hybridized carbons (Fsp3) is 0.571. The fourth-order valence-electron chi connectivity index (χ4n) is 2.42. The van der Waals surface area contributed by atoms with E-state index in [-0.39, 0.29) is 18.8 Å². The van der Waals surface area contributed by atoms with Gasteiger partial charge in [0.25, 0.3) is 0 Å². The Kier molecular flexibility index (Phi) is 4.57. The molecule has 0 bridgehead atoms. The van der Waals surface area contributed by atoms with Gasteiger partial charge in [-0.05, 0) is 26.0 Å². The third-order valence-corrected chi connectivity index (χ3v) is 3.19. The highest BCUT2D eigenvalue weighted by molar-refractivity contribution is 5.90. The van der Waals surface area contributed by atoms with Gasteiger partial charge in [-0.1, -0.05) is 0 Å². The Hall–Kier alpha value is -1.66. The average molecular weight is 280 g/mol. The molecule has 0 aliphatic carbocycles.